The van der Waals surface area contributed by atoms with E-state index in [9.17, 15) is 0 Å². The molecule has 0 aliphatic heterocycles. The van der Waals surface area contributed by atoms with Gasteiger partial charge in [-0.05, 0) is 0 Å². The molecule has 2 atom stereocenters. The topological polar surface area (TPSA) is 0 Å². The van der Waals surface area contributed by atoms with E-state index in [4.69, 9.17) is 0 Å². The molecule has 4 heteroatoms. The molecule has 0 saturated carbocycles. The second-order valence-electron chi connectivity index (χ2n) is 14.2. The summed E-state index contributed by atoms with van der Waals surface area (Å²) in [7, 11) is 0. The van der Waals surface area contributed by atoms with Crippen molar-refractivity contribution in [2.24, 2.45) is 5.92 Å². The number of hydrogen-bond donors (Lipinski definition) is 0. The van der Waals surface area contributed by atoms with Gasteiger partial charge in [-0.15, -0.1) is 24.8 Å². The number of aryl methyl sites for hydroxylation is 3. The molecule has 0 bridgehead atoms. The van der Waals surface area contributed by atoms with Gasteiger partial charge < -0.3 is 0 Å². The van der Waals surface area contributed by atoms with Crippen LogP contribution in [0.3, 0.4) is 0 Å². The minimum Gasteiger partial charge on any atom is -0.147 e. The summed E-state index contributed by atoms with van der Waals surface area (Å²) in [6.45, 7) is 16.6. The average molecular weight is 705 g/mol. The Bertz CT molecular complexity index is 1820. The van der Waals surface area contributed by atoms with Crippen LogP contribution in [0.5, 0.6) is 0 Å². The predicted octanol–water partition coefficient (Wildman–Crippen LogP) is 11.4. The van der Waals surface area contributed by atoms with E-state index in [0.717, 1.165) is 0 Å². The van der Waals surface area contributed by atoms with Gasteiger partial charge in [-0.1, -0.05) is 0 Å². The van der Waals surface area contributed by atoms with Crippen molar-refractivity contribution in [1.82, 2.24) is 0 Å². The molecule has 43 heavy (non-hydrogen) atoms. The third-order valence-electron chi connectivity index (χ3n) is 10.1. The number of fused-ring (bicyclic) bond motifs is 2. The largest absolute Gasteiger partial charge is 0.147 e. The van der Waals surface area contributed by atoms with Crippen LogP contribution in [0, 0.1) is 26.7 Å². The minimum atomic E-state index is -3.66. The zero-order valence-corrected chi connectivity index (χ0v) is 32.4. The number of halogens is 2. The van der Waals surface area contributed by atoms with Gasteiger partial charge in [-0.3, -0.25) is 0 Å². The molecule has 2 aliphatic rings. The fourth-order valence-electron chi connectivity index (χ4n) is 8.52. The van der Waals surface area contributed by atoms with Gasteiger partial charge in [0.2, 0.25) is 0 Å². The molecule has 0 nitrogen and oxygen atoms in total. The molecule has 0 spiro atoms. The zero-order chi connectivity index (χ0) is 29.3. The van der Waals surface area contributed by atoms with Crippen molar-refractivity contribution in [1.29, 1.82) is 0 Å². The molecule has 2 unspecified atom stereocenters. The number of benzene rings is 4. The van der Waals surface area contributed by atoms with Gasteiger partial charge in [0.25, 0.3) is 0 Å². The third kappa shape index (κ3) is 5.46. The van der Waals surface area contributed by atoms with Crippen molar-refractivity contribution in [2.75, 3.05) is 0 Å². The van der Waals surface area contributed by atoms with Crippen LogP contribution < -0.4 is 0 Å². The summed E-state index contributed by atoms with van der Waals surface area (Å²) < 4.78 is 6.59. The molecule has 6 rings (SSSR count). The van der Waals surface area contributed by atoms with E-state index in [-0.39, 0.29) is 24.8 Å². The minimum absolute atomic E-state index is 0. The van der Waals surface area contributed by atoms with Crippen LogP contribution in [0.1, 0.15) is 67.0 Å². The van der Waals surface area contributed by atoms with E-state index in [1.54, 1.807) is 22.3 Å². The first-order valence-corrected chi connectivity index (χ1v) is 28.9. The second-order valence-corrected chi connectivity index (χ2v) is 44.7. The van der Waals surface area contributed by atoms with Gasteiger partial charge in [0.1, 0.15) is 0 Å². The van der Waals surface area contributed by atoms with Gasteiger partial charge in [0, 0.05) is 0 Å². The molecule has 0 fully saturated rings. The van der Waals surface area contributed by atoms with E-state index in [0.29, 0.717) is 13.2 Å². The Hall–Kier alpha value is -1.96. The Morgan fingerprint density at radius 1 is 0.628 bits per heavy atom. The summed E-state index contributed by atoms with van der Waals surface area (Å²) in [5.41, 5.74) is 19.1. The quantitative estimate of drug-likeness (QED) is 0.181. The van der Waals surface area contributed by atoms with Gasteiger partial charge in [-0.25, -0.2) is 0 Å². The summed E-state index contributed by atoms with van der Waals surface area (Å²) in [5.74, 6) is 0.512. The first kappa shape index (κ1) is 33.9. The fourth-order valence-corrected chi connectivity index (χ4v) is 29.1. The molecule has 4 aromatic carbocycles. The van der Waals surface area contributed by atoms with Crippen LogP contribution in [-0.2, 0) is 17.4 Å². The maximum atomic E-state index is 2.77. The van der Waals surface area contributed by atoms with Crippen molar-refractivity contribution in [3.63, 3.8) is 0 Å². The van der Waals surface area contributed by atoms with Gasteiger partial charge in [0.05, 0.1) is 0 Å². The van der Waals surface area contributed by atoms with E-state index < -0.39 is 17.4 Å². The number of allylic oxidation sites excluding steroid dienone is 2. The Kier molecular flexibility index (Phi) is 9.54. The van der Waals surface area contributed by atoms with Crippen molar-refractivity contribution in [3.8, 4) is 22.3 Å². The van der Waals surface area contributed by atoms with Crippen molar-refractivity contribution >= 4 is 43.8 Å². The van der Waals surface area contributed by atoms with E-state index in [2.05, 4.69) is 149 Å². The first-order valence-electron chi connectivity index (χ1n) is 15.2. The van der Waals surface area contributed by atoms with E-state index in [1.165, 1.54) is 50.1 Å². The molecular formula is C39H46Cl2SiZr. The van der Waals surface area contributed by atoms with Crippen molar-refractivity contribution in [3.05, 3.63) is 129 Å². The Morgan fingerprint density at radius 3 is 1.88 bits per heavy atom. The van der Waals surface area contributed by atoms with Gasteiger partial charge in [0.15, 0.2) is 0 Å². The molecule has 2 aliphatic carbocycles. The normalized spacial score (nSPS) is 17.4. The summed E-state index contributed by atoms with van der Waals surface area (Å²) in [4.78, 5) is 0. The van der Waals surface area contributed by atoms with Crippen LogP contribution in [0.2, 0.25) is 9.26 Å². The van der Waals surface area contributed by atoms with Crippen molar-refractivity contribution in [2.45, 2.75) is 58.1 Å². The van der Waals surface area contributed by atoms with E-state index in [1.807, 2.05) is 0 Å². The molecule has 0 saturated heterocycles. The monoisotopic (exact) mass is 702 g/mol. The van der Waals surface area contributed by atoms with E-state index >= 15 is 0 Å². The second kappa shape index (κ2) is 12.1. The first-order chi connectivity index (χ1) is 19.4. The maximum Gasteiger partial charge on any atom is -0.147 e. The summed E-state index contributed by atoms with van der Waals surface area (Å²) in [6, 6.07) is 29.6. The van der Waals surface area contributed by atoms with Crippen LogP contribution in [0.25, 0.3) is 34.4 Å². The molecule has 0 amide bonds. The third-order valence-corrected chi connectivity index (χ3v) is 27.7. The van der Waals surface area contributed by atoms with Gasteiger partial charge in [-0.2, -0.15) is 0 Å². The fraction of sp³-hybridized carbons (Fsp3) is 0.282. The SMILES string of the molecule is CC1=Cc2c(-c3ccccc3)ccc(C)c2[CH]1[Zr]([CH3])([CH3])(=[SiH2])[CH]1C(C(C)C)=Cc2c(-c3c(C)cccc3C)cccc21.Cl.Cl. The average Bonchev–Trinajstić information content (AvgIpc) is 3.50. The standard InChI is InChI=1S/C20H21.C17H15.2CH3.2ClH.H2Si.Zr/c1-13(2)17-11-16-9-6-10-18(19(16)12-17)20-14(3)7-5-8-15(20)4;1-12-10-16-13(2)8-9-15(17(16)11-12)14-6-4-3-5-7-14;;;;;;/h5-13H,1-4H3;3-11H,1-2H3;2*1H3;2*1H;1H2;. The molecular weight excluding hydrogens is 659 g/mol. The molecule has 4 aromatic rings. The molecule has 0 N–H and O–H groups in total. The Balaban J connectivity index is 0.00000212. The zero-order valence-electron chi connectivity index (χ0n) is 26.9. The van der Waals surface area contributed by atoms with Crippen LogP contribution in [0.15, 0.2) is 90.0 Å². The molecule has 0 radical (unpaired) electrons. The predicted molar refractivity (Wildman–Crippen MR) is 195 cm³/mol. The van der Waals surface area contributed by atoms with Gasteiger partial charge >= 0.3 is 252 Å². The van der Waals surface area contributed by atoms with Crippen LogP contribution in [0.4, 0.5) is 0 Å². The summed E-state index contributed by atoms with van der Waals surface area (Å²) >= 11 is -3.66. The smallest absolute Gasteiger partial charge is 0.147 e. The molecule has 224 valence electrons. The van der Waals surface area contributed by atoms with Crippen molar-refractivity contribution < 1.29 is 17.4 Å². The Morgan fingerprint density at radius 2 is 1.26 bits per heavy atom. The maximum absolute atomic E-state index is 3.66. The summed E-state index contributed by atoms with van der Waals surface area (Å²) in [5, 5.41) is 0. The molecule has 0 heterocycles. The number of hydrogen-bond acceptors (Lipinski definition) is 0. The van der Waals surface area contributed by atoms with Crippen LogP contribution in [-0.4, -0.2) is 6.88 Å². The summed E-state index contributed by atoms with van der Waals surface area (Å²) in [6.07, 6.45) is 5.16. The number of rotatable bonds is 5. The Labute approximate surface area is 274 Å². The van der Waals surface area contributed by atoms with Crippen LogP contribution >= 0.6 is 24.8 Å². The molecule has 0 aromatic heterocycles.